The van der Waals surface area contributed by atoms with Crippen LogP contribution in [0.4, 0.5) is 0 Å². The summed E-state index contributed by atoms with van der Waals surface area (Å²) in [6.45, 7) is 0.703. The van der Waals surface area contributed by atoms with Gasteiger partial charge in [0, 0.05) is 17.3 Å². The molecule has 3 aromatic rings. The van der Waals surface area contributed by atoms with E-state index in [2.05, 4.69) is 21.9 Å². The van der Waals surface area contributed by atoms with Crippen LogP contribution in [0.5, 0.6) is 17.2 Å². The molecule has 0 N–H and O–H groups in total. The second-order valence-corrected chi connectivity index (χ2v) is 8.14. The van der Waals surface area contributed by atoms with Crippen molar-refractivity contribution >= 4 is 23.2 Å². The summed E-state index contributed by atoms with van der Waals surface area (Å²) in [5, 5.41) is 5.75. The fourth-order valence-corrected chi connectivity index (χ4v) is 4.92. The molecule has 1 aromatic heterocycles. The van der Waals surface area contributed by atoms with Gasteiger partial charge in [-0.15, -0.1) is 0 Å². The van der Waals surface area contributed by atoms with E-state index in [1.54, 1.807) is 27.4 Å². The van der Waals surface area contributed by atoms with E-state index < -0.39 is 0 Å². The van der Waals surface area contributed by atoms with Gasteiger partial charge in [-0.2, -0.15) is 5.10 Å². The third-order valence-electron chi connectivity index (χ3n) is 5.74. The third-order valence-corrected chi connectivity index (χ3v) is 6.52. The predicted octanol–water partition coefficient (Wildman–Crippen LogP) is 5.54. The monoisotopic (exact) mass is 446 g/mol. The number of nitrogens with zero attached hydrogens (tertiary/aromatic N) is 2. The van der Waals surface area contributed by atoms with Gasteiger partial charge < -0.3 is 14.2 Å². The number of benzene rings is 2. The minimum atomic E-state index is 0.160. The Bertz CT molecular complexity index is 1020. The van der Waals surface area contributed by atoms with E-state index in [1.165, 1.54) is 16.8 Å². The van der Waals surface area contributed by atoms with Crippen molar-refractivity contribution in [2.75, 3.05) is 21.3 Å². The van der Waals surface area contributed by atoms with Gasteiger partial charge >= 0.3 is 0 Å². The first-order chi connectivity index (χ1) is 14.5. The van der Waals surface area contributed by atoms with Crippen molar-refractivity contribution in [3.05, 3.63) is 69.0 Å². The van der Waals surface area contributed by atoms with Crippen molar-refractivity contribution in [1.82, 2.24) is 9.78 Å². The number of ether oxygens (including phenoxy) is 3. The first-order valence-electron chi connectivity index (χ1n) is 9.82. The molecule has 158 valence electrons. The summed E-state index contributed by atoms with van der Waals surface area (Å²) in [6, 6.07) is 9.80. The van der Waals surface area contributed by atoms with Gasteiger partial charge in [0.1, 0.15) is 17.2 Å². The fraction of sp³-hybridized carbons (Fsp3) is 0.348. The van der Waals surface area contributed by atoms with Crippen molar-refractivity contribution in [2.24, 2.45) is 0 Å². The van der Waals surface area contributed by atoms with Gasteiger partial charge in [0.25, 0.3) is 0 Å². The molecule has 0 radical (unpaired) electrons. The molecule has 1 aliphatic rings. The molecule has 4 rings (SSSR count). The Morgan fingerprint density at radius 2 is 1.67 bits per heavy atom. The molecular formula is C23H24Cl2N2O3. The van der Waals surface area contributed by atoms with Crippen LogP contribution in [-0.4, -0.2) is 31.1 Å². The minimum absolute atomic E-state index is 0.160. The smallest absolute Gasteiger partial charge is 0.141 e. The van der Waals surface area contributed by atoms with E-state index in [1.807, 2.05) is 18.3 Å². The zero-order valence-corrected chi connectivity index (χ0v) is 18.8. The summed E-state index contributed by atoms with van der Waals surface area (Å²) in [4.78, 5) is 0. The highest BCUT2D eigenvalue weighted by atomic mass is 35.5. The van der Waals surface area contributed by atoms with Crippen LogP contribution in [0.15, 0.2) is 36.5 Å². The summed E-state index contributed by atoms with van der Waals surface area (Å²) in [5.74, 6) is 2.15. The SMILES string of the molecule is COc1ccc(Cn2ncc3c2CC(c2c(Cl)c(OC)cc(OC)c2Cl)CC3)cc1. The normalized spacial score (nSPS) is 15.6. The maximum absolute atomic E-state index is 6.68. The number of fused-ring (bicyclic) bond motifs is 1. The quantitative estimate of drug-likeness (QED) is 0.498. The van der Waals surface area contributed by atoms with Gasteiger partial charge in [0.05, 0.1) is 44.1 Å². The van der Waals surface area contributed by atoms with E-state index in [0.717, 1.165) is 30.6 Å². The highest BCUT2D eigenvalue weighted by molar-refractivity contribution is 6.38. The molecule has 7 heteroatoms. The average molecular weight is 447 g/mol. The minimum Gasteiger partial charge on any atom is -0.497 e. The van der Waals surface area contributed by atoms with Crippen LogP contribution >= 0.6 is 23.2 Å². The maximum atomic E-state index is 6.68. The Balaban J connectivity index is 1.65. The van der Waals surface area contributed by atoms with Crippen molar-refractivity contribution in [3.63, 3.8) is 0 Å². The molecule has 2 aromatic carbocycles. The maximum Gasteiger partial charge on any atom is 0.141 e. The molecule has 1 atom stereocenters. The van der Waals surface area contributed by atoms with Crippen molar-refractivity contribution in [2.45, 2.75) is 31.7 Å². The number of methoxy groups -OCH3 is 3. The standard InChI is InChI=1S/C23H24Cl2N2O3/c1-28-17-8-4-14(5-9-17)13-27-18-10-15(6-7-16(18)12-26-27)21-22(24)19(29-2)11-20(30-3)23(21)25/h4-5,8-9,11-12,15H,6-7,10,13H2,1-3H3. The highest BCUT2D eigenvalue weighted by Crippen LogP contribution is 2.47. The van der Waals surface area contributed by atoms with Crippen molar-refractivity contribution in [1.29, 1.82) is 0 Å². The topological polar surface area (TPSA) is 45.5 Å². The molecule has 0 saturated carbocycles. The van der Waals surface area contributed by atoms with Crippen LogP contribution in [-0.2, 0) is 19.4 Å². The molecule has 1 aliphatic carbocycles. The van der Waals surface area contributed by atoms with Gasteiger partial charge in [-0.3, -0.25) is 4.68 Å². The van der Waals surface area contributed by atoms with Crippen LogP contribution in [0.1, 0.15) is 34.7 Å². The van der Waals surface area contributed by atoms with Crippen molar-refractivity contribution in [3.8, 4) is 17.2 Å². The lowest BCUT2D eigenvalue weighted by Crippen LogP contribution is -2.17. The lowest BCUT2D eigenvalue weighted by Gasteiger charge is -2.26. The second-order valence-electron chi connectivity index (χ2n) is 7.38. The van der Waals surface area contributed by atoms with Gasteiger partial charge in [0.2, 0.25) is 0 Å². The van der Waals surface area contributed by atoms with E-state index in [9.17, 15) is 0 Å². The Morgan fingerprint density at radius 3 is 2.27 bits per heavy atom. The van der Waals surface area contributed by atoms with Gasteiger partial charge in [-0.1, -0.05) is 35.3 Å². The summed E-state index contributed by atoms with van der Waals surface area (Å²) in [5.41, 5.74) is 4.55. The number of rotatable bonds is 6. The lowest BCUT2D eigenvalue weighted by atomic mass is 9.83. The van der Waals surface area contributed by atoms with Gasteiger partial charge in [0.15, 0.2) is 0 Å². The second kappa shape index (κ2) is 8.78. The van der Waals surface area contributed by atoms with Crippen LogP contribution in [0, 0.1) is 0 Å². The lowest BCUT2D eigenvalue weighted by molar-refractivity contribution is 0.392. The molecule has 0 amide bonds. The van der Waals surface area contributed by atoms with Gasteiger partial charge in [-0.25, -0.2) is 0 Å². The van der Waals surface area contributed by atoms with E-state index in [-0.39, 0.29) is 5.92 Å². The highest BCUT2D eigenvalue weighted by Gasteiger charge is 2.29. The Kier molecular flexibility index (Phi) is 6.11. The largest absolute Gasteiger partial charge is 0.497 e. The van der Waals surface area contributed by atoms with Gasteiger partial charge in [-0.05, 0) is 48.4 Å². The number of aromatic nitrogens is 2. The molecule has 0 saturated heterocycles. The fourth-order valence-electron chi connectivity index (χ4n) is 4.11. The van der Waals surface area contributed by atoms with Crippen LogP contribution in [0.2, 0.25) is 10.0 Å². The summed E-state index contributed by atoms with van der Waals surface area (Å²) < 4.78 is 18.2. The summed E-state index contributed by atoms with van der Waals surface area (Å²) >= 11 is 13.4. The molecule has 0 aliphatic heterocycles. The molecule has 0 spiro atoms. The zero-order valence-electron chi connectivity index (χ0n) is 17.2. The first kappa shape index (κ1) is 20.9. The summed E-state index contributed by atoms with van der Waals surface area (Å²) in [6.07, 6.45) is 4.65. The Hall–Kier alpha value is -2.37. The number of hydrogen-bond acceptors (Lipinski definition) is 4. The molecule has 1 unspecified atom stereocenters. The number of halogens is 2. The third kappa shape index (κ3) is 3.84. The number of hydrogen-bond donors (Lipinski definition) is 0. The molecule has 0 bridgehead atoms. The molecule has 30 heavy (non-hydrogen) atoms. The molecular weight excluding hydrogens is 423 g/mol. The zero-order chi connectivity index (χ0) is 21.3. The van der Waals surface area contributed by atoms with Crippen molar-refractivity contribution < 1.29 is 14.2 Å². The molecule has 1 heterocycles. The predicted molar refractivity (Wildman–Crippen MR) is 119 cm³/mol. The summed E-state index contributed by atoms with van der Waals surface area (Å²) in [7, 11) is 4.87. The van der Waals surface area contributed by atoms with Crippen LogP contribution < -0.4 is 14.2 Å². The van der Waals surface area contributed by atoms with Crippen LogP contribution in [0.25, 0.3) is 0 Å². The Morgan fingerprint density at radius 1 is 1.00 bits per heavy atom. The van der Waals surface area contributed by atoms with Crippen LogP contribution in [0.3, 0.4) is 0 Å². The van der Waals surface area contributed by atoms with E-state index >= 15 is 0 Å². The molecule has 5 nitrogen and oxygen atoms in total. The first-order valence-corrected chi connectivity index (χ1v) is 10.6. The Labute approximate surface area is 186 Å². The average Bonchev–Trinajstić information content (AvgIpc) is 3.17. The van der Waals surface area contributed by atoms with E-state index in [4.69, 9.17) is 37.4 Å². The van der Waals surface area contributed by atoms with E-state index in [0.29, 0.717) is 28.1 Å². The molecule has 0 fully saturated rings. The number of aryl methyl sites for hydroxylation is 1.